The lowest BCUT2D eigenvalue weighted by Crippen LogP contribution is -2.41. The number of rotatable bonds is 8. The maximum absolute atomic E-state index is 10.7. The van der Waals surface area contributed by atoms with Gasteiger partial charge in [0.15, 0.2) is 0 Å². The van der Waals surface area contributed by atoms with Crippen molar-refractivity contribution < 1.29 is 14.7 Å². The fraction of sp³-hybridized carbons (Fsp3) is 0.636. The summed E-state index contributed by atoms with van der Waals surface area (Å²) in [4.78, 5) is 22.0. The molecule has 0 saturated heterocycles. The highest BCUT2D eigenvalue weighted by atomic mass is 16.4. The molecule has 0 aliphatic carbocycles. The zero-order chi connectivity index (χ0) is 12.4. The van der Waals surface area contributed by atoms with E-state index in [1.54, 1.807) is 0 Å². The molecule has 1 amide bonds. The Labute approximate surface area is 95.9 Å². The van der Waals surface area contributed by atoms with E-state index >= 15 is 0 Å². The highest BCUT2D eigenvalue weighted by molar-refractivity contribution is 5.69. The standard InChI is InChI=1S/C11H20N2O3/c1-2-3-4-5-6-10(12)9-13(7-8-14)11(15)16/h3-4,8,10H,2,5-7,9,12H2,1H3,(H,15,16)/b4-3-. The van der Waals surface area contributed by atoms with Crippen LogP contribution in [0.15, 0.2) is 12.2 Å². The zero-order valence-corrected chi connectivity index (χ0v) is 9.63. The minimum atomic E-state index is -1.10. The fourth-order valence-electron chi connectivity index (χ4n) is 1.29. The number of nitrogens with zero attached hydrogens (tertiary/aromatic N) is 1. The van der Waals surface area contributed by atoms with E-state index < -0.39 is 6.09 Å². The van der Waals surface area contributed by atoms with Gasteiger partial charge in [-0.25, -0.2) is 4.79 Å². The van der Waals surface area contributed by atoms with Crippen LogP contribution in [0.4, 0.5) is 4.79 Å². The van der Waals surface area contributed by atoms with Crippen molar-refractivity contribution in [1.82, 2.24) is 4.90 Å². The molecule has 1 atom stereocenters. The molecule has 0 bridgehead atoms. The van der Waals surface area contributed by atoms with Crippen molar-refractivity contribution in [3.05, 3.63) is 12.2 Å². The van der Waals surface area contributed by atoms with Crippen molar-refractivity contribution in [2.45, 2.75) is 32.2 Å². The first kappa shape index (κ1) is 14.6. The third-order valence-corrected chi connectivity index (χ3v) is 2.13. The Hall–Kier alpha value is -1.36. The lowest BCUT2D eigenvalue weighted by atomic mass is 10.1. The minimum Gasteiger partial charge on any atom is -0.465 e. The molecule has 3 N–H and O–H groups in total. The molecular formula is C11H20N2O3. The Bertz CT molecular complexity index is 241. The Morgan fingerprint density at radius 2 is 2.19 bits per heavy atom. The summed E-state index contributed by atoms with van der Waals surface area (Å²) in [6.07, 6.45) is 6.09. The normalized spacial score (nSPS) is 12.6. The van der Waals surface area contributed by atoms with Gasteiger partial charge in [-0.15, -0.1) is 0 Å². The van der Waals surface area contributed by atoms with Crippen LogP contribution in [0.1, 0.15) is 26.2 Å². The molecule has 0 radical (unpaired) electrons. The monoisotopic (exact) mass is 228 g/mol. The molecular weight excluding hydrogens is 208 g/mol. The Kier molecular flexibility index (Phi) is 8.15. The number of hydrogen-bond acceptors (Lipinski definition) is 3. The van der Waals surface area contributed by atoms with Crippen molar-refractivity contribution in [2.24, 2.45) is 5.73 Å². The smallest absolute Gasteiger partial charge is 0.407 e. The Balaban J connectivity index is 3.89. The maximum Gasteiger partial charge on any atom is 0.407 e. The first-order valence-electron chi connectivity index (χ1n) is 5.43. The number of aldehydes is 1. The number of nitrogens with two attached hydrogens (primary N) is 1. The molecule has 0 spiro atoms. The van der Waals surface area contributed by atoms with Gasteiger partial charge in [0, 0.05) is 12.6 Å². The average molecular weight is 228 g/mol. The van der Waals surface area contributed by atoms with E-state index in [1.165, 1.54) is 0 Å². The molecule has 0 aromatic heterocycles. The van der Waals surface area contributed by atoms with Crippen LogP contribution in [0.25, 0.3) is 0 Å². The summed E-state index contributed by atoms with van der Waals surface area (Å²) in [5.41, 5.74) is 5.77. The second-order valence-electron chi connectivity index (χ2n) is 3.57. The van der Waals surface area contributed by atoms with Gasteiger partial charge in [0.2, 0.25) is 0 Å². The number of carboxylic acid groups (broad SMARTS) is 1. The summed E-state index contributed by atoms with van der Waals surface area (Å²) in [7, 11) is 0. The lowest BCUT2D eigenvalue weighted by molar-refractivity contribution is -0.108. The quantitative estimate of drug-likeness (QED) is 0.483. The van der Waals surface area contributed by atoms with Gasteiger partial charge in [-0.3, -0.25) is 4.90 Å². The summed E-state index contributed by atoms with van der Waals surface area (Å²) in [6.45, 7) is 2.13. The predicted molar refractivity (Wildman–Crippen MR) is 62.3 cm³/mol. The topological polar surface area (TPSA) is 83.6 Å². The molecule has 0 aromatic rings. The van der Waals surface area contributed by atoms with Crippen molar-refractivity contribution >= 4 is 12.4 Å². The second-order valence-corrected chi connectivity index (χ2v) is 3.57. The van der Waals surface area contributed by atoms with Crippen LogP contribution >= 0.6 is 0 Å². The van der Waals surface area contributed by atoms with E-state index in [-0.39, 0.29) is 19.1 Å². The van der Waals surface area contributed by atoms with Crippen LogP contribution in [-0.4, -0.2) is 41.5 Å². The molecule has 5 nitrogen and oxygen atoms in total. The molecule has 0 rings (SSSR count). The number of carbonyl (C=O) groups excluding carboxylic acids is 1. The van der Waals surface area contributed by atoms with Crippen LogP contribution in [0, 0.1) is 0 Å². The minimum absolute atomic E-state index is 0.117. The second kappa shape index (κ2) is 8.91. The largest absolute Gasteiger partial charge is 0.465 e. The van der Waals surface area contributed by atoms with Gasteiger partial charge in [0.05, 0.1) is 6.54 Å². The highest BCUT2D eigenvalue weighted by Crippen LogP contribution is 2.00. The van der Waals surface area contributed by atoms with Gasteiger partial charge in [-0.1, -0.05) is 19.1 Å². The van der Waals surface area contributed by atoms with Gasteiger partial charge in [0.25, 0.3) is 0 Å². The van der Waals surface area contributed by atoms with Crippen LogP contribution in [0.2, 0.25) is 0 Å². The van der Waals surface area contributed by atoms with Crippen molar-refractivity contribution in [3.63, 3.8) is 0 Å². The molecule has 0 aromatic carbocycles. The fourth-order valence-corrected chi connectivity index (χ4v) is 1.29. The van der Waals surface area contributed by atoms with Crippen LogP contribution in [-0.2, 0) is 4.79 Å². The molecule has 0 heterocycles. The lowest BCUT2D eigenvalue weighted by Gasteiger charge is -2.20. The molecule has 0 saturated carbocycles. The number of hydrogen-bond donors (Lipinski definition) is 2. The molecule has 92 valence electrons. The Morgan fingerprint density at radius 1 is 1.50 bits per heavy atom. The van der Waals surface area contributed by atoms with Gasteiger partial charge in [0.1, 0.15) is 6.29 Å². The van der Waals surface area contributed by atoms with Crippen LogP contribution < -0.4 is 5.73 Å². The summed E-state index contributed by atoms with van der Waals surface area (Å²) >= 11 is 0. The molecule has 0 aliphatic heterocycles. The van der Waals surface area contributed by atoms with Crippen molar-refractivity contribution in [2.75, 3.05) is 13.1 Å². The summed E-state index contributed by atoms with van der Waals surface area (Å²) in [5, 5.41) is 8.76. The SMILES string of the molecule is CC/C=C\CCC(N)CN(CC=O)C(=O)O. The van der Waals surface area contributed by atoms with E-state index in [0.717, 1.165) is 24.2 Å². The summed E-state index contributed by atoms with van der Waals surface area (Å²) in [5.74, 6) is 0. The van der Waals surface area contributed by atoms with E-state index in [9.17, 15) is 9.59 Å². The Morgan fingerprint density at radius 3 is 2.69 bits per heavy atom. The molecule has 5 heteroatoms. The van der Waals surface area contributed by atoms with E-state index in [0.29, 0.717) is 6.29 Å². The zero-order valence-electron chi connectivity index (χ0n) is 9.63. The van der Waals surface area contributed by atoms with E-state index in [4.69, 9.17) is 10.8 Å². The van der Waals surface area contributed by atoms with Crippen LogP contribution in [0.5, 0.6) is 0 Å². The van der Waals surface area contributed by atoms with Gasteiger partial charge in [-0.2, -0.15) is 0 Å². The van der Waals surface area contributed by atoms with Gasteiger partial charge in [-0.05, 0) is 19.3 Å². The number of allylic oxidation sites excluding steroid dienone is 2. The number of carbonyl (C=O) groups is 2. The van der Waals surface area contributed by atoms with Gasteiger partial charge >= 0.3 is 6.09 Å². The summed E-state index contributed by atoms with van der Waals surface area (Å²) < 4.78 is 0. The third-order valence-electron chi connectivity index (χ3n) is 2.13. The maximum atomic E-state index is 10.7. The first-order valence-corrected chi connectivity index (χ1v) is 5.43. The van der Waals surface area contributed by atoms with Crippen LogP contribution in [0.3, 0.4) is 0 Å². The molecule has 0 fully saturated rings. The predicted octanol–water partition coefficient (Wildman–Crippen LogP) is 1.24. The molecule has 0 aliphatic rings. The number of amides is 1. The average Bonchev–Trinajstić information content (AvgIpc) is 2.23. The van der Waals surface area contributed by atoms with Crippen molar-refractivity contribution in [1.29, 1.82) is 0 Å². The molecule has 1 unspecified atom stereocenters. The van der Waals surface area contributed by atoms with E-state index in [2.05, 4.69) is 0 Å². The summed E-state index contributed by atoms with van der Waals surface area (Å²) in [6, 6.07) is -0.224. The van der Waals surface area contributed by atoms with E-state index in [1.807, 2.05) is 19.1 Å². The highest BCUT2D eigenvalue weighted by Gasteiger charge is 2.14. The molecule has 16 heavy (non-hydrogen) atoms. The van der Waals surface area contributed by atoms with Crippen molar-refractivity contribution in [3.8, 4) is 0 Å². The first-order chi connectivity index (χ1) is 7.61. The van der Waals surface area contributed by atoms with Gasteiger partial charge < -0.3 is 15.6 Å². The third kappa shape index (κ3) is 7.00.